The van der Waals surface area contributed by atoms with Gasteiger partial charge in [-0.15, -0.1) is 0 Å². The normalized spacial score (nSPS) is 13.1. The van der Waals surface area contributed by atoms with E-state index < -0.39 is 26.4 Å². The van der Waals surface area contributed by atoms with E-state index in [1.54, 1.807) is 64.0 Å². The lowest BCUT2D eigenvalue weighted by molar-refractivity contribution is 0.122. The molecule has 0 aromatic carbocycles. The second kappa shape index (κ2) is 24.6. The first-order chi connectivity index (χ1) is 19.3. The molecule has 0 aromatic rings. The van der Waals surface area contributed by atoms with Crippen LogP contribution in [0.2, 0.25) is 18.1 Å². The Morgan fingerprint density at radius 2 is 0.600 bits per heavy atom. The molecule has 0 aliphatic heterocycles. The number of hydrogen-bond acceptors (Lipinski definition) is 13. The largest absolute Gasteiger partial charge is 0.500 e. The van der Waals surface area contributed by atoms with Gasteiger partial charge in [0.05, 0.1) is 0 Å². The minimum absolute atomic E-state index is 0.791. The molecule has 0 atom stereocenters. The third-order valence-corrected chi connectivity index (χ3v) is 15.6. The van der Waals surface area contributed by atoms with Gasteiger partial charge in [0.1, 0.15) is 0 Å². The summed E-state index contributed by atoms with van der Waals surface area (Å²) in [5.74, 6) is 0. The molecule has 0 heterocycles. The highest BCUT2D eigenvalue weighted by atomic mass is 28.4. The van der Waals surface area contributed by atoms with E-state index in [-0.39, 0.29) is 0 Å². The van der Waals surface area contributed by atoms with Crippen LogP contribution in [0, 0.1) is 0 Å². The molecule has 16 heteroatoms. The number of hydrogen-bond donors (Lipinski definition) is 3. The van der Waals surface area contributed by atoms with Crippen LogP contribution in [0.5, 0.6) is 0 Å². The summed E-state index contributed by atoms with van der Waals surface area (Å²) in [5.41, 5.74) is 0. The third-order valence-electron chi connectivity index (χ3n) is 7.12. The fourth-order valence-corrected chi connectivity index (χ4v) is 9.55. The van der Waals surface area contributed by atoms with Crippen molar-refractivity contribution < 1.29 is 39.8 Å². The topological polar surface area (TPSA) is 122 Å². The maximum atomic E-state index is 5.51. The molecule has 0 spiro atoms. The van der Waals surface area contributed by atoms with E-state index in [2.05, 4.69) is 20.9 Å². The molecule has 0 bridgehead atoms. The van der Waals surface area contributed by atoms with Gasteiger partial charge in [0.25, 0.3) is 0 Å². The molecule has 0 aliphatic carbocycles. The van der Waals surface area contributed by atoms with Crippen molar-refractivity contribution in [2.75, 3.05) is 123 Å². The second-order valence-corrected chi connectivity index (χ2v) is 18.6. The molecule has 3 N–H and O–H groups in total. The summed E-state index contributed by atoms with van der Waals surface area (Å²) >= 11 is 0. The van der Waals surface area contributed by atoms with Gasteiger partial charge in [0.2, 0.25) is 0 Å². The Kier molecular flexibility index (Phi) is 24.6. The van der Waals surface area contributed by atoms with Crippen molar-refractivity contribution in [2.45, 2.75) is 37.4 Å². The lowest BCUT2D eigenvalue weighted by Crippen LogP contribution is -2.44. The van der Waals surface area contributed by atoms with Gasteiger partial charge in [-0.3, -0.25) is 4.90 Å². The van der Waals surface area contributed by atoms with Crippen LogP contribution >= 0.6 is 0 Å². The van der Waals surface area contributed by atoms with E-state index in [1.807, 2.05) is 0 Å². The van der Waals surface area contributed by atoms with Crippen molar-refractivity contribution in [3.05, 3.63) is 0 Å². The Balaban J connectivity index is 4.49. The van der Waals surface area contributed by atoms with E-state index in [9.17, 15) is 0 Å². The smallest absolute Gasteiger partial charge is 0.377 e. The maximum Gasteiger partial charge on any atom is 0.500 e. The molecular weight excluding hydrogens is 573 g/mol. The van der Waals surface area contributed by atoms with Crippen LogP contribution < -0.4 is 16.0 Å². The molecule has 242 valence electrons. The standard InChI is InChI=1S/C24H60N4O9Si3/c1-29-38(30-2,31-3)22-10-13-25-16-19-28(20-17-26-14-11-23-39(32-4,33-5)34-6)21-18-27-15-12-24-40(35-7,36-8)37-9/h25-27H,10-24H2,1-9H3. The van der Waals surface area contributed by atoms with Crippen LogP contribution in [0.25, 0.3) is 0 Å². The lowest BCUT2D eigenvalue weighted by Gasteiger charge is -2.25. The fraction of sp³-hybridized carbons (Fsp3) is 1.00. The van der Waals surface area contributed by atoms with Crippen molar-refractivity contribution >= 4 is 26.4 Å². The highest BCUT2D eigenvalue weighted by Crippen LogP contribution is 2.16. The number of rotatable bonds is 30. The van der Waals surface area contributed by atoms with Crippen LogP contribution in [0.1, 0.15) is 19.3 Å². The fourth-order valence-electron chi connectivity index (χ4n) is 4.38. The summed E-state index contributed by atoms with van der Waals surface area (Å²) in [6, 6.07) is 2.37. The van der Waals surface area contributed by atoms with Crippen molar-refractivity contribution in [3.63, 3.8) is 0 Å². The first-order valence-electron chi connectivity index (χ1n) is 14.1. The van der Waals surface area contributed by atoms with E-state index in [4.69, 9.17) is 39.8 Å². The zero-order valence-corrected chi connectivity index (χ0v) is 29.7. The third kappa shape index (κ3) is 16.1. The Labute approximate surface area is 247 Å². The highest BCUT2D eigenvalue weighted by Gasteiger charge is 2.38. The molecule has 0 saturated heterocycles. The first kappa shape index (κ1) is 40.1. The van der Waals surface area contributed by atoms with Gasteiger partial charge in [0.15, 0.2) is 0 Å². The van der Waals surface area contributed by atoms with Gasteiger partial charge in [0, 0.05) is 121 Å². The van der Waals surface area contributed by atoms with E-state index >= 15 is 0 Å². The predicted molar refractivity (Wildman–Crippen MR) is 164 cm³/mol. The molecule has 0 radical (unpaired) electrons. The first-order valence-corrected chi connectivity index (χ1v) is 19.9. The Morgan fingerprint density at radius 1 is 0.375 bits per heavy atom. The quantitative estimate of drug-likeness (QED) is 0.0767. The van der Waals surface area contributed by atoms with Gasteiger partial charge in [-0.2, -0.15) is 0 Å². The van der Waals surface area contributed by atoms with Crippen LogP contribution in [0.15, 0.2) is 0 Å². The van der Waals surface area contributed by atoms with Crippen LogP contribution in [-0.4, -0.2) is 154 Å². The summed E-state index contributed by atoms with van der Waals surface area (Å²) in [7, 11) is 7.38. The van der Waals surface area contributed by atoms with Crippen molar-refractivity contribution in [2.24, 2.45) is 0 Å². The van der Waals surface area contributed by atoms with E-state index in [0.29, 0.717) is 0 Å². The van der Waals surface area contributed by atoms with Gasteiger partial charge in [-0.1, -0.05) is 0 Å². The molecule has 0 aliphatic rings. The zero-order valence-electron chi connectivity index (χ0n) is 26.7. The molecule has 13 nitrogen and oxygen atoms in total. The summed E-state index contributed by atoms with van der Waals surface area (Å²) in [6.45, 7) is 8.30. The molecule has 0 saturated carbocycles. The maximum absolute atomic E-state index is 5.51. The molecule has 0 amide bonds. The minimum atomic E-state index is -2.51. The lowest BCUT2D eigenvalue weighted by atomic mass is 10.4. The number of nitrogens with one attached hydrogen (secondary N) is 3. The summed E-state index contributed by atoms with van der Waals surface area (Å²) in [6.07, 6.45) is 2.82. The van der Waals surface area contributed by atoms with Crippen molar-refractivity contribution in [3.8, 4) is 0 Å². The molecule has 0 unspecified atom stereocenters. The molecular formula is C24H60N4O9Si3. The summed E-state index contributed by atoms with van der Waals surface area (Å²) < 4.78 is 49.6. The SMILES string of the molecule is CO[Si](CCCNCCN(CCNCCC[Si](OC)(OC)OC)CCNCCC[Si](OC)(OC)OC)(OC)OC. The van der Waals surface area contributed by atoms with Gasteiger partial charge < -0.3 is 55.8 Å². The predicted octanol–water partition coefficient (Wildman–Crippen LogP) is 0.862. The zero-order chi connectivity index (χ0) is 30.2. The average molecular weight is 633 g/mol. The highest BCUT2D eigenvalue weighted by molar-refractivity contribution is 6.61. The molecule has 0 fully saturated rings. The molecule has 0 aromatic heterocycles. The average Bonchev–Trinajstić information content (AvgIpc) is 3.00. The van der Waals surface area contributed by atoms with Gasteiger partial charge in [-0.25, -0.2) is 0 Å². The van der Waals surface area contributed by atoms with Crippen molar-refractivity contribution in [1.82, 2.24) is 20.9 Å². The van der Waals surface area contributed by atoms with Gasteiger partial charge >= 0.3 is 26.4 Å². The molecule has 40 heavy (non-hydrogen) atoms. The van der Waals surface area contributed by atoms with Crippen LogP contribution in [0.3, 0.4) is 0 Å². The Hall–Kier alpha value is 0.131. The Morgan fingerprint density at radius 3 is 0.800 bits per heavy atom. The van der Waals surface area contributed by atoms with Gasteiger partial charge in [-0.05, 0) is 38.9 Å². The Bertz CT molecular complexity index is 479. The summed E-state index contributed by atoms with van der Waals surface area (Å²) in [5, 5.41) is 10.7. The van der Waals surface area contributed by atoms with Crippen molar-refractivity contribution in [1.29, 1.82) is 0 Å². The minimum Gasteiger partial charge on any atom is -0.377 e. The molecule has 0 rings (SSSR count). The van der Waals surface area contributed by atoms with Crippen LogP contribution in [-0.2, 0) is 39.8 Å². The van der Waals surface area contributed by atoms with Crippen LogP contribution in [0.4, 0.5) is 0 Å². The monoisotopic (exact) mass is 632 g/mol. The van der Waals surface area contributed by atoms with E-state index in [1.165, 1.54) is 0 Å². The second-order valence-electron chi connectivity index (χ2n) is 9.29. The summed E-state index contributed by atoms with van der Waals surface area (Å²) in [4.78, 5) is 2.47. The number of nitrogens with zero attached hydrogens (tertiary/aromatic N) is 1. The van der Waals surface area contributed by atoms with E-state index in [0.717, 1.165) is 96.3 Å².